The maximum Gasteiger partial charge on any atom is 0.410 e. The van der Waals surface area contributed by atoms with Gasteiger partial charge in [0, 0.05) is 13.1 Å². The quantitative estimate of drug-likeness (QED) is 0.769. The fourth-order valence-electron chi connectivity index (χ4n) is 3.71. The highest BCUT2D eigenvalue weighted by molar-refractivity contribution is 5.69. The zero-order chi connectivity index (χ0) is 16.6. The topological polar surface area (TPSA) is 70.0 Å². The molecule has 0 aromatic rings. The van der Waals surface area contributed by atoms with Crippen molar-refractivity contribution in [2.75, 3.05) is 19.7 Å². The summed E-state index contributed by atoms with van der Waals surface area (Å²) in [5, 5.41) is 21.0. The second-order valence-electron chi connectivity index (χ2n) is 8.34. The number of hydrogen-bond donors (Lipinski definition) is 2. The Kier molecular flexibility index (Phi) is 4.79. The summed E-state index contributed by atoms with van der Waals surface area (Å²) >= 11 is 0. The first-order chi connectivity index (χ1) is 10.1. The molecule has 1 heterocycles. The van der Waals surface area contributed by atoms with E-state index in [1.54, 1.807) is 4.90 Å². The van der Waals surface area contributed by atoms with E-state index in [1.807, 2.05) is 20.8 Å². The van der Waals surface area contributed by atoms with Gasteiger partial charge in [0.25, 0.3) is 0 Å². The van der Waals surface area contributed by atoms with Crippen molar-refractivity contribution in [3.05, 3.63) is 0 Å². The zero-order valence-electron chi connectivity index (χ0n) is 14.4. The van der Waals surface area contributed by atoms with Crippen LogP contribution in [0.2, 0.25) is 0 Å². The van der Waals surface area contributed by atoms with Crippen LogP contribution in [0.15, 0.2) is 0 Å². The number of aliphatic hydroxyl groups excluding tert-OH is 1. The summed E-state index contributed by atoms with van der Waals surface area (Å²) in [6, 6.07) is 0. The van der Waals surface area contributed by atoms with Crippen LogP contribution in [0.25, 0.3) is 0 Å². The van der Waals surface area contributed by atoms with Gasteiger partial charge < -0.3 is 19.8 Å². The zero-order valence-corrected chi connectivity index (χ0v) is 14.4. The first-order valence-electron chi connectivity index (χ1n) is 8.42. The summed E-state index contributed by atoms with van der Waals surface area (Å²) < 4.78 is 5.37. The van der Waals surface area contributed by atoms with Crippen LogP contribution in [-0.4, -0.2) is 52.1 Å². The van der Waals surface area contributed by atoms with E-state index < -0.39 is 16.6 Å². The molecule has 5 heteroatoms. The summed E-state index contributed by atoms with van der Waals surface area (Å²) in [5.41, 5.74) is -1.98. The molecule has 2 unspecified atom stereocenters. The van der Waals surface area contributed by atoms with E-state index in [1.165, 1.54) is 0 Å². The molecular formula is C17H31NO4. The molecule has 5 nitrogen and oxygen atoms in total. The summed E-state index contributed by atoms with van der Waals surface area (Å²) in [6.07, 6.45) is 4.13. The van der Waals surface area contributed by atoms with Gasteiger partial charge in [-0.25, -0.2) is 4.79 Å². The maximum absolute atomic E-state index is 12.1. The third kappa shape index (κ3) is 3.40. The van der Waals surface area contributed by atoms with Gasteiger partial charge in [-0.1, -0.05) is 19.8 Å². The Labute approximate surface area is 133 Å². The van der Waals surface area contributed by atoms with E-state index in [0.717, 1.165) is 19.3 Å². The number of ether oxygens (including phenoxy) is 1. The lowest BCUT2D eigenvalue weighted by Crippen LogP contribution is -2.70. The molecule has 1 aliphatic heterocycles. The first-order valence-corrected chi connectivity index (χ1v) is 8.42. The Bertz CT molecular complexity index is 411. The van der Waals surface area contributed by atoms with Crippen molar-refractivity contribution >= 4 is 6.09 Å². The largest absolute Gasteiger partial charge is 0.444 e. The molecule has 2 rings (SSSR count). The van der Waals surface area contributed by atoms with Gasteiger partial charge in [-0.05, 0) is 46.0 Å². The molecule has 2 aliphatic rings. The second-order valence-corrected chi connectivity index (χ2v) is 8.34. The highest BCUT2D eigenvalue weighted by Crippen LogP contribution is 2.48. The summed E-state index contributed by atoms with van der Waals surface area (Å²) in [7, 11) is 0. The molecule has 2 fully saturated rings. The van der Waals surface area contributed by atoms with Crippen molar-refractivity contribution in [1.82, 2.24) is 4.90 Å². The minimum Gasteiger partial charge on any atom is -0.444 e. The molecule has 1 amide bonds. The lowest BCUT2D eigenvalue weighted by atomic mass is 9.63. The molecule has 2 N–H and O–H groups in total. The summed E-state index contributed by atoms with van der Waals surface area (Å²) in [4.78, 5) is 13.7. The van der Waals surface area contributed by atoms with Gasteiger partial charge >= 0.3 is 6.09 Å². The van der Waals surface area contributed by atoms with Crippen molar-refractivity contribution < 1.29 is 19.7 Å². The summed E-state index contributed by atoms with van der Waals surface area (Å²) in [5.74, 6) is 0.617. The SMILES string of the molecule is CC1CCCC(O)(C2(CO)CN(C(=O)OC(C)(C)C)C2)CC1. The van der Waals surface area contributed by atoms with Crippen molar-refractivity contribution in [2.45, 2.75) is 71.0 Å². The maximum atomic E-state index is 12.1. The minimum atomic E-state index is -0.870. The molecular weight excluding hydrogens is 282 g/mol. The van der Waals surface area contributed by atoms with E-state index in [0.29, 0.717) is 31.8 Å². The number of carbonyl (C=O) groups is 1. The van der Waals surface area contributed by atoms with Gasteiger partial charge in [0.15, 0.2) is 0 Å². The molecule has 1 saturated carbocycles. The van der Waals surface area contributed by atoms with Gasteiger partial charge in [-0.2, -0.15) is 0 Å². The number of hydrogen-bond acceptors (Lipinski definition) is 4. The molecule has 0 aromatic heterocycles. The molecule has 2 atom stereocenters. The van der Waals surface area contributed by atoms with Crippen molar-refractivity contribution in [1.29, 1.82) is 0 Å². The molecule has 0 bridgehead atoms. The Morgan fingerprint density at radius 3 is 2.45 bits per heavy atom. The van der Waals surface area contributed by atoms with Crippen LogP contribution < -0.4 is 0 Å². The van der Waals surface area contributed by atoms with Gasteiger partial charge in [0.2, 0.25) is 0 Å². The third-order valence-corrected chi connectivity index (χ3v) is 5.27. The monoisotopic (exact) mass is 313 g/mol. The van der Waals surface area contributed by atoms with Crippen LogP contribution in [0.1, 0.15) is 59.8 Å². The predicted molar refractivity (Wildman–Crippen MR) is 84.5 cm³/mol. The van der Waals surface area contributed by atoms with Crippen LogP contribution in [0.3, 0.4) is 0 Å². The van der Waals surface area contributed by atoms with Crippen LogP contribution in [0, 0.1) is 11.3 Å². The van der Waals surface area contributed by atoms with Crippen LogP contribution in [-0.2, 0) is 4.74 Å². The molecule has 128 valence electrons. The normalized spacial score (nSPS) is 32.1. The van der Waals surface area contributed by atoms with Crippen molar-refractivity contribution in [3.8, 4) is 0 Å². The fourth-order valence-corrected chi connectivity index (χ4v) is 3.71. The van der Waals surface area contributed by atoms with Gasteiger partial charge in [-0.15, -0.1) is 0 Å². The average molecular weight is 313 g/mol. The minimum absolute atomic E-state index is 0.0861. The Hall–Kier alpha value is -0.810. The Balaban J connectivity index is 2.02. The highest BCUT2D eigenvalue weighted by Gasteiger charge is 2.58. The van der Waals surface area contributed by atoms with E-state index in [2.05, 4.69) is 6.92 Å². The van der Waals surface area contributed by atoms with Crippen molar-refractivity contribution in [3.63, 3.8) is 0 Å². The standard InChI is InChI=1S/C17H31NO4/c1-13-6-5-8-17(21,9-7-13)16(12-19)10-18(11-16)14(20)22-15(2,3)4/h13,19,21H,5-12H2,1-4H3. The number of rotatable bonds is 2. The lowest BCUT2D eigenvalue weighted by molar-refractivity contribution is -0.183. The Morgan fingerprint density at radius 1 is 1.27 bits per heavy atom. The average Bonchev–Trinajstić information content (AvgIpc) is 2.49. The highest BCUT2D eigenvalue weighted by atomic mass is 16.6. The van der Waals surface area contributed by atoms with Gasteiger partial charge in [-0.3, -0.25) is 0 Å². The fraction of sp³-hybridized carbons (Fsp3) is 0.941. The second kappa shape index (κ2) is 6.00. The Morgan fingerprint density at radius 2 is 1.91 bits per heavy atom. The molecule has 1 saturated heterocycles. The van der Waals surface area contributed by atoms with Crippen LogP contribution in [0.4, 0.5) is 4.79 Å². The van der Waals surface area contributed by atoms with E-state index in [9.17, 15) is 15.0 Å². The number of aliphatic hydroxyl groups is 2. The van der Waals surface area contributed by atoms with Crippen molar-refractivity contribution in [2.24, 2.45) is 11.3 Å². The summed E-state index contributed by atoms with van der Waals surface area (Å²) in [6.45, 7) is 8.40. The molecule has 0 spiro atoms. The predicted octanol–water partition coefficient (Wildman–Crippen LogP) is 2.55. The molecule has 0 aromatic carbocycles. The lowest BCUT2D eigenvalue weighted by Gasteiger charge is -2.57. The first kappa shape index (κ1) is 17.5. The number of likely N-dealkylation sites (tertiary alicyclic amines) is 1. The third-order valence-electron chi connectivity index (χ3n) is 5.27. The molecule has 1 aliphatic carbocycles. The van der Waals surface area contributed by atoms with E-state index >= 15 is 0 Å². The van der Waals surface area contributed by atoms with Gasteiger partial charge in [0.1, 0.15) is 5.60 Å². The van der Waals surface area contributed by atoms with E-state index in [4.69, 9.17) is 4.74 Å². The number of amides is 1. The van der Waals surface area contributed by atoms with Crippen LogP contribution in [0.5, 0.6) is 0 Å². The van der Waals surface area contributed by atoms with Gasteiger partial charge in [0.05, 0.1) is 17.6 Å². The number of nitrogens with zero attached hydrogens (tertiary/aromatic N) is 1. The van der Waals surface area contributed by atoms with Crippen LogP contribution >= 0.6 is 0 Å². The molecule has 0 radical (unpaired) electrons. The smallest absolute Gasteiger partial charge is 0.410 e. The van der Waals surface area contributed by atoms with E-state index in [-0.39, 0.29) is 12.7 Å². The molecule has 22 heavy (non-hydrogen) atoms. The number of carbonyl (C=O) groups excluding carboxylic acids is 1.